The number of aromatic carboxylic acids is 1. The van der Waals surface area contributed by atoms with Crippen molar-refractivity contribution >= 4 is 34.2 Å². The summed E-state index contributed by atoms with van der Waals surface area (Å²) in [4.78, 5) is 38.6. The lowest BCUT2D eigenvalue weighted by atomic mass is 10.2. The molecule has 9 nitrogen and oxygen atoms in total. The third kappa shape index (κ3) is 3.16. The van der Waals surface area contributed by atoms with Crippen LogP contribution in [-0.2, 0) is 0 Å². The van der Waals surface area contributed by atoms with Crippen molar-refractivity contribution in [2.45, 2.75) is 0 Å². The second kappa shape index (κ2) is 5.87. The molecule has 2 rings (SSSR count). The van der Waals surface area contributed by atoms with Gasteiger partial charge in [0.15, 0.2) is 0 Å². The van der Waals surface area contributed by atoms with Gasteiger partial charge in [0, 0.05) is 12.1 Å². The molecule has 0 spiro atoms. The highest BCUT2D eigenvalue weighted by molar-refractivity contribution is 14.1. The highest BCUT2D eigenvalue weighted by Gasteiger charge is 2.20. The van der Waals surface area contributed by atoms with E-state index in [0.29, 0.717) is 0 Å². The van der Waals surface area contributed by atoms with E-state index in [2.05, 4.69) is 9.97 Å². The normalized spacial score (nSPS) is 10.1. The first-order valence-corrected chi connectivity index (χ1v) is 6.41. The standard InChI is InChI=1S/C11H6IN3O6/c12-8-9(16)13-4-14-10(8)21-7-3-5(11(17)18)1-2-6(7)15(19)20/h1-4H,(H,17,18)(H,13,14,16). The van der Waals surface area contributed by atoms with Gasteiger partial charge in [0.05, 0.1) is 16.8 Å². The summed E-state index contributed by atoms with van der Waals surface area (Å²) in [5, 5.41) is 19.8. The van der Waals surface area contributed by atoms with Crippen molar-refractivity contribution in [3.8, 4) is 11.6 Å². The molecule has 2 N–H and O–H groups in total. The molecular formula is C11H6IN3O6. The number of carboxylic acid groups (broad SMARTS) is 1. The molecule has 21 heavy (non-hydrogen) atoms. The van der Waals surface area contributed by atoms with Crippen LogP contribution in [0.4, 0.5) is 5.69 Å². The molecule has 0 bridgehead atoms. The zero-order valence-electron chi connectivity index (χ0n) is 10.1. The third-order valence-corrected chi connectivity index (χ3v) is 3.33. The van der Waals surface area contributed by atoms with E-state index in [4.69, 9.17) is 9.84 Å². The second-order valence-corrected chi connectivity index (χ2v) is 4.78. The van der Waals surface area contributed by atoms with Crippen molar-refractivity contribution in [3.05, 3.63) is 54.1 Å². The van der Waals surface area contributed by atoms with Gasteiger partial charge < -0.3 is 14.8 Å². The largest absolute Gasteiger partial charge is 0.478 e. The second-order valence-electron chi connectivity index (χ2n) is 3.70. The number of rotatable bonds is 4. The number of benzene rings is 1. The molecule has 0 aliphatic rings. The van der Waals surface area contributed by atoms with E-state index in [0.717, 1.165) is 24.5 Å². The van der Waals surface area contributed by atoms with Gasteiger partial charge in [-0.25, -0.2) is 9.78 Å². The molecule has 0 atom stereocenters. The molecule has 0 saturated carbocycles. The Balaban J connectivity index is 2.53. The van der Waals surface area contributed by atoms with Gasteiger partial charge in [-0.05, 0) is 28.7 Å². The number of carbonyl (C=O) groups is 1. The maximum Gasteiger partial charge on any atom is 0.335 e. The summed E-state index contributed by atoms with van der Waals surface area (Å²) < 4.78 is 5.32. The number of H-pyrrole nitrogens is 1. The molecule has 0 fully saturated rings. The van der Waals surface area contributed by atoms with Crippen LogP contribution in [0.15, 0.2) is 29.3 Å². The van der Waals surface area contributed by atoms with Crippen LogP contribution in [0.2, 0.25) is 0 Å². The van der Waals surface area contributed by atoms with E-state index in [9.17, 15) is 19.7 Å². The maximum atomic E-state index is 11.4. The molecule has 0 saturated heterocycles. The molecule has 108 valence electrons. The summed E-state index contributed by atoms with van der Waals surface area (Å²) in [7, 11) is 0. The summed E-state index contributed by atoms with van der Waals surface area (Å²) in [6.45, 7) is 0. The minimum Gasteiger partial charge on any atom is -0.478 e. The summed E-state index contributed by atoms with van der Waals surface area (Å²) in [6.07, 6.45) is 1.08. The topological polar surface area (TPSA) is 135 Å². The van der Waals surface area contributed by atoms with E-state index < -0.39 is 22.1 Å². The van der Waals surface area contributed by atoms with Gasteiger partial charge in [-0.1, -0.05) is 0 Å². The SMILES string of the molecule is O=C(O)c1ccc([N+](=O)[O-])c(Oc2nc[nH]c(=O)c2I)c1. The van der Waals surface area contributed by atoms with E-state index >= 15 is 0 Å². The Morgan fingerprint density at radius 1 is 1.48 bits per heavy atom. The van der Waals surface area contributed by atoms with Gasteiger partial charge >= 0.3 is 11.7 Å². The van der Waals surface area contributed by atoms with Crippen LogP contribution in [0.3, 0.4) is 0 Å². The van der Waals surface area contributed by atoms with Gasteiger partial charge in [-0.15, -0.1) is 0 Å². The zero-order chi connectivity index (χ0) is 15.6. The van der Waals surface area contributed by atoms with E-state index in [1.807, 2.05) is 0 Å². The minimum absolute atomic E-state index is 0.0881. The first-order valence-electron chi connectivity index (χ1n) is 5.33. The number of aromatic amines is 1. The number of halogens is 1. The fourth-order valence-corrected chi connectivity index (χ4v) is 1.83. The predicted molar refractivity (Wildman–Crippen MR) is 77.7 cm³/mol. The fourth-order valence-electron chi connectivity index (χ4n) is 1.42. The van der Waals surface area contributed by atoms with E-state index in [1.165, 1.54) is 0 Å². The third-order valence-electron chi connectivity index (χ3n) is 2.37. The van der Waals surface area contributed by atoms with Crippen LogP contribution < -0.4 is 10.3 Å². The molecule has 0 aliphatic heterocycles. The Bertz CT molecular complexity index is 788. The van der Waals surface area contributed by atoms with Gasteiger partial charge in [0.25, 0.3) is 5.56 Å². The highest BCUT2D eigenvalue weighted by Crippen LogP contribution is 2.32. The van der Waals surface area contributed by atoms with E-state index in [1.54, 1.807) is 22.6 Å². The quantitative estimate of drug-likeness (QED) is 0.451. The van der Waals surface area contributed by atoms with Crippen LogP contribution >= 0.6 is 22.6 Å². The maximum absolute atomic E-state index is 11.4. The summed E-state index contributed by atoms with van der Waals surface area (Å²) in [6, 6.07) is 3.10. The molecule has 0 amide bonds. The molecule has 1 heterocycles. The minimum atomic E-state index is -1.26. The molecule has 0 radical (unpaired) electrons. The average molecular weight is 403 g/mol. The predicted octanol–water partition coefficient (Wildman–Crippen LogP) is 1.77. The summed E-state index contributed by atoms with van der Waals surface area (Å²) >= 11 is 1.67. The number of carboxylic acids is 1. The molecular weight excluding hydrogens is 397 g/mol. The van der Waals surface area contributed by atoms with Crippen LogP contribution in [0.1, 0.15) is 10.4 Å². The average Bonchev–Trinajstić information content (AvgIpc) is 2.43. The highest BCUT2D eigenvalue weighted by atomic mass is 127. The fraction of sp³-hybridized carbons (Fsp3) is 0. The van der Waals surface area contributed by atoms with Crippen molar-refractivity contribution in [1.82, 2.24) is 9.97 Å². The Kier molecular flexibility index (Phi) is 4.16. The summed E-state index contributed by atoms with van der Waals surface area (Å²) in [5.74, 6) is -1.72. The number of nitro groups is 1. The summed E-state index contributed by atoms with van der Waals surface area (Å²) in [5.41, 5.74) is -1.09. The smallest absolute Gasteiger partial charge is 0.335 e. The van der Waals surface area contributed by atoms with Gasteiger partial charge in [0.1, 0.15) is 3.57 Å². The van der Waals surface area contributed by atoms with Crippen molar-refractivity contribution in [2.75, 3.05) is 0 Å². The van der Waals surface area contributed by atoms with E-state index in [-0.39, 0.29) is 20.8 Å². The number of hydrogen-bond acceptors (Lipinski definition) is 6. The van der Waals surface area contributed by atoms with Crippen molar-refractivity contribution < 1.29 is 19.6 Å². The molecule has 2 aromatic rings. The first kappa shape index (κ1) is 14.9. The van der Waals surface area contributed by atoms with Crippen molar-refractivity contribution in [2.24, 2.45) is 0 Å². The zero-order valence-corrected chi connectivity index (χ0v) is 12.2. The Morgan fingerprint density at radius 2 is 2.19 bits per heavy atom. The van der Waals surface area contributed by atoms with Gasteiger partial charge in [-0.2, -0.15) is 0 Å². The number of hydrogen-bond donors (Lipinski definition) is 2. The molecule has 1 aromatic heterocycles. The van der Waals surface area contributed by atoms with Gasteiger partial charge in [-0.3, -0.25) is 14.9 Å². The number of nitrogens with zero attached hydrogens (tertiary/aromatic N) is 2. The number of nitro benzene ring substituents is 1. The number of ether oxygens (including phenoxy) is 1. The number of aromatic nitrogens is 2. The van der Waals surface area contributed by atoms with Gasteiger partial charge in [0.2, 0.25) is 11.6 Å². The molecule has 0 unspecified atom stereocenters. The lowest BCUT2D eigenvalue weighted by molar-refractivity contribution is -0.385. The molecule has 1 aromatic carbocycles. The lowest BCUT2D eigenvalue weighted by Crippen LogP contribution is -2.11. The number of nitrogens with one attached hydrogen (secondary N) is 1. The first-order chi connectivity index (χ1) is 9.90. The Hall–Kier alpha value is -2.50. The van der Waals surface area contributed by atoms with Crippen LogP contribution in [-0.4, -0.2) is 26.0 Å². The molecule has 10 heteroatoms. The lowest BCUT2D eigenvalue weighted by Gasteiger charge is -2.07. The van der Waals surface area contributed by atoms with Crippen LogP contribution in [0, 0.1) is 13.7 Å². The Labute approximate surface area is 129 Å². The molecule has 0 aliphatic carbocycles. The van der Waals surface area contributed by atoms with Crippen molar-refractivity contribution in [1.29, 1.82) is 0 Å². The monoisotopic (exact) mass is 403 g/mol. The van der Waals surface area contributed by atoms with Crippen molar-refractivity contribution in [3.63, 3.8) is 0 Å². The Morgan fingerprint density at radius 3 is 2.81 bits per heavy atom. The van der Waals surface area contributed by atoms with Crippen LogP contribution in [0.25, 0.3) is 0 Å². The van der Waals surface area contributed by atoms with Crippen LogP contribution in [0.5, 0.6) is 11.6 Å².